The van der Waals surface area contributed by atoms with E-state index in [9.17, 15) is 13.6 Å². The van der Waals surface area contributed by atoms with Gasteiger partial charge in [-0.2, -0.15) is 8.78 Å². The summed E-state index contributed by atoms with van der Waals surface area (Å²) in [5.74, 6) is 1.49. The first-order valence-corrected chi connectivity index (χ1v) is 13.6. The fourth-order valence-corrected chi connectivity index (χ4v) is 5.29. The van der Waals surface area contributed by atoms with Crippen molar-refractivity contribution < 1.29 is 32.5 Å². The summed E-state index contributed by atoms with van der Waals surface area (Å²) in [6.07, 6.45) is 8.62. The van der Waals surface area contributed by atoms with Crippen molar-refractivity contribution in [1.82, 2.24) is 14.3 Å². The highest BCUT2D eigenvalue weighted by atomic mass is 19.3. The van der Waals surface area contributed by atoms with Gasteiger partial charge < -0.3 is 18.9 Å². The first-order chi connectivity index (χ1) is 19.0. The van der Waals surface area contributed by atoms with Crippen LogP contribution in [0.25, 0.3) is 16.9 Å². The van der Waals surface area contributed by atoms with Crippen LogP contribution >= 0.6 is 0 Å². The van der Waals surface area contributed by atoms with Crippen molar-refractivity contribution in [3.05, 3.63) is 42.2 Å². The molecule has 1 atom stereocenters. The predicted octanol–water partition coefficient (Wildman–Crippen LogP) is 5.08. The number of morpholine rings is 1. The molecule has 2 saturated carbocycles. The zero-order valence-electron chi connectivity index (χ0n) is 22.0. The molecule has 208 valence electrons. The van der Waals surface area contributed by atoms with E-state index < -0.39 is 6.61 Å². The normalized spacial score (nSPS) is 19.9. The molecule has 0 radical (unpaired) electrons. The Morgan fingerprint density at radius 1 is 1.18 bits per heavy atom. The number of aromatic nitrogens is 2. The largest absolute Gasteiger partial charge is 0.496 e. The van der Waals surface area contributed by atoms with Gasteiger partial charge in [0.15, 0.2) is 5.78 Å². The third-order valence-electron chi connectivity index (χ3n) is 7.73. The van der Waals surface area contributed by atoms with E-state index in [-0.39, 0.29) is 22.8 Å². The van der Waals surface area contributed by atoms with Crippen molar-refractivity contribution in [2.45, 2.75) is 44.8 Å². The summed E-state index contributed by atoms with van der Waals surface area (Å²) in [6.45, 7) is 0.966. The standard InChI is InChI=1S/C29H33F2N3O5/c1-36-24-13-20(14-25(39-29(30)31)28(24)23(35)12-18-2-3-18)22-16-32-27-15-21(6-7-34(22)27)37-10-8-33-9-11-38-26(17-33)19-4-5-19/h6-7,13-16,18-19,26,29H,2-5,8-12,17H2,1H3. The van der Waals surface area contributed by atoms with Gasteiger partial charge in [0.25, 0.3) is 0 Å². The number of nitrogens with zero attached hydrogens (tertiary/aromatic N) is 3. The fourth-order valence-electron chi connectivity index (χ4n) is 5.29. The van der Waals surface area contributed by atoms with Crippen LogP contribution in [0, 0.1) is 11.8 Å². The Kier molecular flexibility index (Phi) is 7.40. The third-order valence-corrected chi connectivity index (χ3v) is 7.73. The number of halogens is 2. The minimum Gasteiger partial charge on any atom is -0.496 e. The zero-order valence-corrected chi connectivity index (χ0v) is 22.0. The van der Waals surface area contributed by atoms with Crippen molar-refractivity contribution in [1.29, 1.82) is 0 Å². The van der Waals surface area contributed by atoms with Gasteiger partial charge >= 0.3 is 6.61 Å². The van der Waals surface area contributed by atoms with Crippen LogP contribution in [-0.4, -0.2) is 72.7 Å². The molecule has 1 saturated heterocycles. The number of carbonyl (C=O) groups excluding carboxylic acids is 1. The molecule has 1 aliphatic heterocycles. The number of hydrogen-bond acceptors (Lipinski definition) is 7. The Balaban J connectivity index is 1.19. The molecule has 8 nitrogen and oxygen atoms in total. The Labute approximate surface area is 225 Å². The average Bonchev–Trinajstić information content (AvgIpc) is 3.86. The molecule has 0 N–H and O–H groups in total. The monoisotopic (exact) mass is 541 g/mol. The minimum atomic E-state index is -3.07. The van der Waals surface area contributed by atoms with Gasteiger partial charge in [-0.1, -0.05) is 0 Å². The molecular weight excluding hydrogens is 508 g/mol. The summed E-state index contributed by atoms with van der Waals surface area (Å²) in [6, 6.07) is 6.83. The van der Waals surface area contributed by atoms with Crippen LogP contribution in [0.1, 0.15) is 42.5 Å². The summed E-state index contributed by atoms with van der Waals surface area (Å²) < 4.78 is 50.6. The number of benzene rings is 1. The maximum absolute atomic E-state index is 13.3. The Morgan fingerprint density at radius 3 is 2.74 bits per heavy atom. The number of rotatable bonds is 12. The van der Waals surface area contributed by atoms with Crippen LogP contribution in [0.5, 0.6) is 17.2 Å². The predicted molar refractivity (Wildman–Crippen MR) is 140 cm³/mol. The van der Waals surface area contributed by atoms with Gasteiger partial charge in [-0.05, 0) is 55.7 Å². The maximum atomic E-state index is 13.3. The first-order valence-electron chi connectivity index (χ1n) is 13.6. The second-order valence-corrected chi connectivity index (χ2v) is 10.6. The molecule has 3 aliphatic rings. The highest BCUT2D eigenvalue weighted by Gasteiger charge is 2.35. The molecule has 10 heteroatoms. The molecule has 3 heterocycles. The topological polar surface area (TPSA) is 74.5 Å². The minimum absolute atomic E-state index is 0.0571. The summed E-state index contributed by atoms with van der Waals surface area (Å²) >= 11 is 0. The van der Waals surface area contributed by atoms with Crippen molar-refractivity contribution >= 4 is 11.4 Å². The number of hydrogen-bond donors (Lipinski definition) is 0. The summed E-state index contributed by atoms with van der Waals surface area (Å²) in [4.78, 5) is 19.8. The van der Waals surface area contributed by atoms with Gasteiger partial charge in [0, 0.05) is 43.9 Å². The van der Waals surface area contributed by atoms with E-state index in [1.54, 1.807) is 12.3 Å². The smallest absolute Gasteiger partial charge is 0.387 e. The molecule has 6 rings (SSSR count). The summed E-state index contributed by atoms with van der Waals surface area (Å²) in [5.41, 5.74) is 1.90. The molecule has 2 aromatic heterocycles. The lowest BCUT2D eigenvalue weighted by Crippen LogP contribution is -2.44. The highest BCUT2D eigenvalue weighted by molar-refractivity contribution is 6.02. The lowest BCUT2D eigenvalue weighted by Gasteiger charge is -2.32. The van der Waals surface area contributed by atoms with Crippen LogP contribution < -0.4 is 14.2 Å². The molecule has 39 heavy (non-hydrogen) atoms. The Bertz CT molecular complexity index is 1340. The van der Waals surface area contributed by atoms with E-state index in [1.807, 2.05) is 22.7 Å². The first kappa shape index (κ1) is 26.0. The van der Waals surface area contributed by atoms with E-state index in [1.165, 1.54) is 26.0 Å². The van der Waals surface area contributed by atoms with Gasteiger partial charge in [-0.15, -0.1) is 0 Å². The second-order valence-electron chi connectivity index (χ2n) is 10.6. The van der Waals surface area contributed by atoms with Gasteiger partial charge in [0.2, 0.25) is 0 Å². The van der Waals surface area contributed by atoms with Crippen LogP contribution in [0.3, 0.4) is 0 Å². The number of carbonyl (C=O) groups is 1. The van der Waals surface area contributed by atoms with Gasteiger partial charge in [-0.25, -0.2) is 4.98 Å². The quantitative estimate of drug-likeness (QED) is 0.296. The van der Waals surface area contributed by atoms with Crippen LogP contribution in [-0.2, 0) is 4.74 Å². The highest BCUT2D eigenvalue weighted by Crippen LogP contribution is 2.40. The molecule has 1 unspecified atom stereocenters. The SMILES string of the molecule is COc1cc(-c2cnc3cc(OCCN4CCOC(C5CC5)C4)ccn23)cc(OC(F)F)c1C(=O)CC1CC1. The molecule has 0 bridgehead atoms. The molecule has 3 fully saturated rings. The third kappa shape index (κ3) is 6.01. The van der Waals surface area contributed by atoms with Gasteiger partial charge in [0.1, 0.15) is 35.1 Å². The van der Waals surface area contributed by atoms with E-state index in [4.69, 9.17) is 18.9 Å². The van der Waals surface area contributed by atoms with Crippen molar-refractivity contribution in [2.75, 3.05) is 40.0 Å². The summed E-state index contributed by atoms with van der Waals surface area (Å²) in [5, 5.41) is 0. The number of methoxy groups -OCH3 is 1. The van der Waals surface area contributed by atoms with E-state index in [0.717, 1.165) is 45.0 Å². The number of ketones is 1. The zero-order chi connectivity index (χ0) is 26.9. The van der Waals surface area contributed by atoms with Crippen LogP contribution in [0.15, 0.2) is 36.7 Å². The number of imidazole rings is 1. The van der Waals surface area contributed by atoms with Gasteiger partial charge in [0.05, 0.1) is 31.7 Å². The van der Waals surface area contributed by atoms with E-state index in [0.29, 0.717) is 47.7 Å². The van der Waals surface area contributed by atoms with Crippen molar-refractivity contribution in [3.63, 3.8) is 0 Å². The lowest BCUT2D eigenvalue weighted by atomic mass is 10.00. The lowest BCUT2D eigenvalue weighted by molar-refractivity contribution is -0.0502. The Morgan fingerprint density at radius 2 is 2.00 bits per heavy atom. The number of fused-ring (bicyclic) bond motifs is 1. The maximum Gasteiger partial charge on any atom is 0.387 e. The van der Waals surface area contributed by atoms with Crippen LogP contribution in [0.2, 0.25) is 0 Å². The molecule has 0 amide bonds. The van der Waals surface area contributed by atoms with Gasteiger partial charge in [-0.3, -0.25) is 14.1 Å². The average molecular weight is 542 g/mol. The van der Waals surface area contributed by atoms with Crippen LogP contribution in [0.4, 0.5) is 8.78 Å². The van der Waals surface area contributed by atoms with Crippen molar-refractivity contribution in [2.24, 2.45) is 11.8 Å². The summed E-state index contributed by atoms with van der Waals surface area (Å²) in [7, 11) is 1.42. The number of ether oxygens (including phenoxy) is 4. The Hall–Kier alpha value is -3.24. The number of Topliss-reactive ketones (excluding diaryl/α,β-unsaturated/α-hetero) is 1. The number of pyridine rings is 1. The molecular formula is C29H33F2N3O5. The molecule has 3 aromatic rings. The van der Waals surface area contributed by atoms with E-state index >= 15 is 0 Å². The van der Waals surface area contributed by atoms with E-state index in [2.05, 4.69) is 9.88 Å². The number of alkyl halides is 2. The second kappa shape index (κ2) is 11.1. The molecule has 1 aromatic carbocycles. The fraction of sp³-hybridized carbons (Fsp3) is 0.517. The molecule has 2 aliphatic carbocycles. The molecule has 0 spiro atoms. The van der Waals surface area contributed by atoms with Crippen molar-refractivity contribution in [3.8, 4) is 28.5 Å².